The Hall–Kier alpha value is -0.900. The summed E-state index contributed by atoms with van der Waals surface area (Å²) in [6.45, 7) is 1.07. The van der Waals surface area contributed by atoms with E-state index in [-0.39, 0.29) is 0 Å². The first kappa shape index (κ1) is 8.69. The third-order valence-electron chi connectivity index (χ3n) is 2.02. The summed E-state index contributed by atoms with van der Waals surface area (Å²) in [7, 11) is 0. The van der Waals surface area contributed by atoms with Gasteiger partial charge in [-0.3, -0.25) is 0 Å². The molecule has 0 spiro atoms. The summed E-state index contributed by atoms with van der Waals surface area (Å²) in [6.07, 6.45) is 0.829. The first-order valence-corrected chi connectivity index (χ1v) is 4.37. The van der Waals surface area contributed by atoms with E-state index in [1.807, 2.05) is 18.2 Å². The molecule has 0 unspecified atom stereocenters. The van der Waals surface area contributed by atoms with Crippen molar-refractivity contribution in [1.82, 2.24) is 0 Å². The molecule has 2 rings (SSSR count). The van der Waals surface area contributed by atoms with Crippen molar-refractivity contribution in [1.29, 1.82) is 0 Å². The van der Waals surface area contributed by atoms with Gasteiger partial charge in [-0.1, -0.05) is 30.3 Å². The normalized spacial score (nSPS) is 21.3. The summed E-state index contributed by atoms with van der Waals surface area (Å²) >= 11 is 0. The molecule has 0 aromatic heterocycles. The van der Waals surface area contributed by atoms with Crippen molar-refractivity contribution in [3.63, 3.8) is 0 Å². The maximum atomic E-state index is 9.90. The van der Waals surface area contributed by atoms with Gasteiger partial charge in [0.25, 0.3) is 0 Å². The standard InChI is InChI=1S/C10H12O3/c11-10(12-7-4-8-13-10)9-5-2-1-3-6-9/h1-3,5-6,11H,4,7-8H2. The number of ether oxygens (including phenoxy) is 2. The Balaban J connectivity index is 2.23. The molecule has 0 amide bonds. The smallest absolute Gasteiger partial charge is 0.309 e. The molecule has 13 heavy (non-hydrogen) atoms. The van der Waals surface area contributed by atoms with Crippen LogP contribution in [0.15, 0.2) is 30.3 Å². The van der Waals surface area contributed by atoms with Gasteiger partial charge in [0, 0.05) is 5.56 Å². The largest absolute Gasteiger partial charge is 0.339 e. The van der Waals surface area contributed by atoms with Gasteiger partial charge in [-0.2, -0.15) is 0 Å². The molecule has 1 aromatic rings. The van der Waals surface area contributed by atoms with Crippen molar-refractivity contribution in [2.24, 2.45) is 0 Å². The topological polar surface area (TPSA) is 38.7 Å². The first-order valence-electron chi connectivity index (χ1n) is 4.37. The molecule has 1 aliphatic rings. The van der Waals surface area contributed by atoms with E-state index in [2.05, 4.69) is 0 Å². The van der Waals surface area contributed by atoms with Gasteiger partial charge in [-0.15, -0.1) is 0 Å². The van der Waals surface area contributed by atoms with Crippen molar-refractivity contribution >= 4 is 0 Å². The lowest BCUT2D eigenvalue weighted by molar-refractivity contribution is -0.393. The lowest BCUT2D eigenvalue weighted by atomic mass is 10.2. The molecule has 0 saturated carbocycles. The highest BCUT2D eigenvalue weighted by molar-refractivity contribution is 5.18. The zero-order chi connectivity index (χ0) is 9.15. The van der Waals surface area contributed by atoms with Crippen LogP contribution in [0.1, 0.15) is 12.0 Å². The molecule has 3 nitrogen and oxygen atoms in total. The highest BCUT2D eigenvalue weighted by atomic mass is 16.8. The minimum absolute atomic E-state index is 0.533. The van der Waals surface area contributed by atoms with Crippen LogP contribution in [0.3, 0.4) is 0 Å². The van der Waals surface area contributed by atoms with Crippen LogP contribution in [-0.4, -0.2) is 18.3 Å². The van der Waals surface area contributed by atoms with Gasteiger partial charge in [0.15, 0.2) is 0 Å². The number of benzene rings is 1. The zero-order valence-corrected chi connectivity index (χ0v) is 7.27. The Kier molecular flexibility index (Phi) is 2.31. The Labute approximate surface area is 76.9 Å². The molecule has 1 aliphatic heterocycles. The van der Waals surface area contributed by atoms with E-state index in [0.29, 0.717) is 18.8 Å². The first-order chi connectivity index (χ1) is 6.31. The number of hydrogen-bond donors (Lipinski definition) is 1. The van der Waals surface area contributed by atoms with Crippen LogP contribution >= 0.6 is 0 Å². The fourth-order valence-corrected chi connectivity index (χ4v) is 1.34. The molecule has 0 radical (unpaired) electrons. The van der Waals surface area contributed by atoms with Gasteiger partial charge < -0.3 is 14.6 Å². The fraction of sp³-hybridized carbons (Fsp3) is 0.400. The van der Waals surface area contributed by atoms with Gasteiger partial charge in [0.05, 0.1) is 13.2 Å². The van der Waals surface area contributed by atoms with Gasteiger partial charge >= 0.3 is 5.97 Å². The van der Waals surface area contributed by atoms with Crippen LogP contribution < -0.4 is 0 Å². The average Bonchev–Trinajstić information content (AvgIpc) is 2.20. The van der Waals surface area contributed by atoms with Crippen LogP contribution in [0.5, 0.6) is 0 Å². The van der Waals surface area contributed by atoms with E-state index in [9.17, 15) is 5.11 Å². The fourth-order valence-electron chi connectivity index (χ4n) is 1.34. The second-order valence-corrected chi connectivity index (χ2v) is 3.00. The molecule has 1 heterocycles. The molecule has 1 aromatic carbocycles. The highest BCUT2D eigenvalue weighted by Gasteiger charge is 2.33. The Morgan fingerprint density at radius 1 is 1.08 bits per heavy atom. The maximum absolute atomic E-state index is 9.90. The van der Waals surface area contributed by atoms with E-state index >= 15 is 0 Å². The lowest BCUT2D eigenvalue weighted by Crippen LogP contribution is -2.37. The van der Waals surface area contributed by atoms with Crippen LogP contribution in [0, 0.1) is 0 Å². The monoisotopic (exact) mass is 180 g/mol. The van der Waals surface area contributed by atoms with Crippen LogP contribution in [-0.2, 0) is 15.4 Å². The summed E-state index contributed by atoms with van der Waals surface area (Å²) in [4.78, 5) is 0. The molecule has 3 heteroatoms. The van der Waals surface area contributed by atoms with Gasteiger partial charge in [0.2, 0.25) is 0 Å². The second kappa shape index (κ2) is 3.46. The SMILES string of the molecule is OC1(c2ccccc2)OCCCO1. The van der Waals surface area contributed by atoms with E-state index < -0.39 is 5.97 Å². The molecule has 1 saturated heterocycles. The molecule has 0 bridgehead atoms. The minimum Gasteiger partial charge on any atom is -0.339 e. The van der Waals surface area contributed by atoms with Crippen molar-refractivity contribution in [2.45, 2.75) is 12.4 Å². The van der Waals surface area contributed by atoms with Crippen LogP contribution in [0.4, 0.5) is 0 Å². The van der Waals surface area contributed by atoms with E-state index in [4.69, 9.17) is 9.47 Å². The maximum Gasteiger partial charge on any atom is 0.309 e. The summed E-state index contributed by atoms with van der Waals surface area (Å²) in [5.41, 5.74) is 0.648. The number of hydrogen-bond acceptors (Lipinski definition) is 3. The summed E-state index contributed by atoms with van der Waals surface area (Å²) in [6, 6.07) is 9.13. The molecular weight excluding hydrogens is 168 g/mol. The molecule has 0 atom stereocenters. The van der Waals surface area contributed by atoms with Crippen molar-refractivity contribution < 1.29 is 14.6 Å². The average molecular weight is 180 g/mol. The molecule has 70 valence electrons. The second-order valence-electron chi connectivity index (χ2n) is 3.00. The number of aliphatic hydroxyl groups is 1. The van der Waals surface area contributed by atoms with Gasteiger partial charge in [-0.25, -0.2) is 0 Å². The van der Waals surface area contributed by atoms with Crippen molar-refractivity contribution in [3.8, 4) is 0 Å². The quantitative estimate of drug-likeness (QED) is 0.706. The van der Waals surface area contributed by atoms with Crippen LogP contribution in [0.2, 0.25) is 0 Å². The highest BCUT2D eigenvalue weighted by Crippen LogP contribution is 2.27. The Bertz CT molecular complexity index is 265. The predicted octanol–water partition coefficient (Wildman–Crippen LogP) is 1.23. The third kappa shape index (κ3) is 1.72. The van der Waals surface area contributed by atoms with Gasteiger partial charge in [-0.05, 0) is 6.42 Å². The summed E-state index contributed by atoms with van der Waals surface area (Å²) in [5, 5.41) is 9.90. The van der Waals surface area contributed by atoms with E-state index in [0.717, 1.165) is 6.42 Å². The molecule has 1 N–H and O–H groups in total. The third-order valence-corrected chi connectivity index (χ3v) is 2.02. The molecule has 0 aliphatic carbocycles. The molecular formula is C10H12O3. The Morgan fingerprint density at radius 2 is 1.69 bits per heavy atom. The number of rotatable bonds is 1. The lowest BCUT2D eigenvalue weighted by Gasteiger charge is -2.31. The molecule has 1 fully saturated rings. The van der Waals surface area contributed by atoms with E-state index in [1.165, 1.54) is 0 Å². The Morgan fingerprint density at radius 3 is 2.31 bits per heavy atom. The van der Waals surface area contributed by atoms with E-state index in [1.54, 1.807) is 12.1 Å². The zero-order valence-electron chi connectivity index (χ0n) is 7.27. The summed E-state index contributed by atoms with van der Waals surface area (Å²) < 4.78 is 10.4. The summed E-state index contributed by atoms with van der Waals surface area (Å²) in [5.74, 6) is -1.53. The minimum atomic E-state index is -1.53. The van der Waals surface area contributed by atoms with Crippen molar-refractivity contribution in [2.75, 3.05) is 13.2 Å². The predicted molar refractivity (Wildman–Crippen MR) is 46.9 cm³/mol. The van der Waals surface area contributed by atoms with Gasteiger partial charge in [0.1, 0.15) is 0 Å². The van der Waals surface area contributed by atoms with Crippen LogP contribution in [0.25, 0.3) is 0 Å². The van der Waals surface area contributed by atoms with Crippen molar-refractivity contribution in [3.05, 3.63) is 35.9 Å².